The van der Waals surface area contributed by atoms with Crippen LogP contribution in [0, 0.1) is 6.92 Å². The van der Waals surface area contributed by atoms with Gasteiger partial charge in [-0.3, -0.25) is 0 Å². The van der Waals surface area contributed by atoms with Crippen LogP contribution in [0.2, 0.25) is 0 Å². The second-order valence-corrected chi connectivity index (χ2v) is 6.76. The third kappa shape index (κ3) is 1.45. The van der Waals surface area contributed by atoms with E-state index in [9.17, 15) is 0 Å². The molecule has 0 atom stereocenters. The van der Waals surface area contributed by atoms with Crippen molar-refractivity contribution < 1.29 is 4.42 Å². The van der Waals surface area contributed by atoms with Gasteiger partial charge in [0.1, 0.15) is 5.58 Å². The lowest BCUT2D eigenvalue weighted by molar-refractivity contribution is 0.619. The highest BCUT2D eigenvalue weighted by molar-refractivity contribution is 7.20. The van der Waals surface area contributed by atoms with Crippen LogP contribution in [0.4, 0.5) is 0 Å². The molecule has 2 heteroatoms. The van der Waals surface area contributed by atoms with Crippen molar-refractivity contribution in [1.29, 1.82) is 0 Å². The zero-order valence-electron chi connectivity index (χ0n) is 11.5. The first-order valence-electron chi connectivity index (χ1n) is 7.03. The minimum Gasteiger partial charge on any atom is -0.464 e. The quantitative estimate of drug-likeness (QED) is 0.306. The molecule has 2 heterocycles. The van der Waals surface area contributed by atoms with E-state index in [0.717, 1.165) is 11.0 Å². The predicted molar refractivity (Wildman–Crippen MR) is 91.3 cm³/mol. The van der Waals surface area contributed by atoms with Crippen molar-refractivity contribution in [3.8, 4) is 0 Å². The van der Waals surface area contributed by atoms with Gasteiger partial charge in [0.25, 0.3) is 0 Å². The average Bonchev–Trinajstić information content (AvgIpc) is 3.11. The predicted octanol–water partition coefficient (Wildman–Crippen LogP) is 6.26. The van der Waals surface area contributed by atoms with E-state index < -0.39 is 0 Å². The zero-order valence-corrected chi connectivity index (χ0v) is 12.3. The number of fused-ring (bicyclic) bond motifs is 7. The zero-order chi connectivity index (χ0) is 14.0. The minimum atomic E-state index is 0.983. The first-order valence-corrected chi connectivity index (χ1v) is 7.85. The summed E-state index contributed by atoms with van der Waals surface area (Å²) in [4.78, 5) is 1.36. The molecule has 0 radical (unpaired) electrons. The van der Waals surface area contributed by atoms with Gasteiger partial charge in [-0.05, 0) is 41.3 Å². The Morgan fingerprint density at radius 1 is 0.762 bits per heavy atom. The number of aryl methyl sites for hydroxylation is 1. The Morgan fingerprint density at radius 2 is 1.48 bits per heavy atom. The molecule has 0 spiro atoms. The Labute approximate surface area is 125 Å². The summed E-state index contributed by atoms with van der Waals surface area (Å²) in [5.74, 6) is 0. The fourth-order valence-corrected chi connectivity index (χ4v) is 4.32. The standard InChI is InChI=1S/C19H12OS/c1-11-10-13-3-5-15-14-4-2-12-8-9-20-18(12)16(14)6-7-17(15)19(13)21-11/h2-10H,1H3. The van der Waals surface area contributed by atoms with Gasteiger partial charge < -0.3 is 4.42 Å². The molecular formula is C19H12OS. The van der Waals surface area contributed by atoms with Crippen molar-refractivity contribution in [2.75, 3.05) is 0 Å². The van der Waals surface area contributed by atoms with Gasteiger partial charge in [-0.25, -0.2) is 0 Å². The van der Waals surface area contributed by atoms with E-state index in [1.54, 1.807) is 6.26 Å². The SMILES string of the molecule is Cc1cc2ccc3c4ccc5ccoc5c4ccc3c2s1. The summed E-state index contributed by atoms with van der Waals surface area (Å²) < 4.78 is 7.06. The van der Waals surface area contributed by atoms with Gasteiger partial charge in [-0.15, -0.1) is 11.3 Å². The van der Waals surface area contributed by atoms with Gasteiger partial charge in [0.2, 0.25) is 0 Å². The normalized spacial score (nSPS) is 12.0. The fourth-order valence-electron chi connectivity index (χ4n) is 3.28. The first-order chi connectivity index (χ1) is 10.3. The van der Waals surface area contributed by atoms with Crippen LogP contribution in [-0.4, -0.2) is 0 Å². The first kappa shape index (κ1) is 11.4. The van der Waals surface area contributed by atoms with E-state index in [-0.39, 0.29) is 0 Å². The topological polar surface area (TPSA) is 13.1 Å². The molecule has 0 fully saturated rings. The number of rotatable bonds is 0. The van der Waals surface area contributed by atoms with Crippen LogP contribution >= 0.6 is 11.3 Å². The van der Waals surface area contributed by atoms with Gasteiger partial charge in [-0.1, -0.05) is 30.3 Å². The molecule has 100 valence electrons. The highest BCUT2D eigenvalue weighted by Crippen LogP contribution is 2.37. The molecule has 0 aliphatic heterocycles. The molecule has 0 amide bonds. The molecule has 0 aliphatic rings. The van der Waals surface area contributed by atoms with Crippen LogP contribution < -0.4 is 0 Å². The Hall–Kier alpha value is -2.32. The van der Waals surface area contributed by atoms with E-state index in [0.29, 0.717) is 0 Å². The van der Waals surface area contributed by atoms with E-state index in [1.165, 1.54) is 36.5 Å². The molecule has 0 aliphatic carbocycles. The second-order valence-electron chi connectivity index (χ2n) is 5.50. The Bertz CT molecular complexity index is 1140. The van der Waals surface area contributed by atoms with E-state index in [4.69, 9.17) is 4.42 Å². The summed E-state index contributed by atoms with van der Waals surface area (Å²) in [5.41, 5.74) is 0.983. The van der Waals surface area contributed by atoms with Gasteiger partial charge >= 0.3 is 0 Å². The van der Waals surface area contributed by atoms with Gasteiger partial charge in [-0.2, -0.15) is 0 Å². The van der Waals surface area contributed by atoms with Gasteiger partial charge in [0.15, 0.2) is 0 Å². The van der Waals surface area contributed by atoms with E-state index in [2.05, 4.69) is 49.4 Å². The highest BCUT2D eigenvalue weighted by Gasteiger charge is 2.09. The van der Waals surface area contributed by atoms with Crippen molar-refractivity contribution >= 4 is 53.9 Å². The maximum Gasteiger partial charge on any atom is 0.141 e. The molecule has 1 nitrogen and oxygen atoms in total. The molecule has 21 heavy (non-hydrogen) atoms. The van der Waals surface area contributed by atoms with Crippen LogP contribution in [-0.2, 0) is 0 Å². The summed E-state index contributed by atoms with van der Waals surface area (Å²) >= 11 is 1.87. The Morgan fingerprint density at radius 3 is 2.38 bits per heavy atom. The van der Waals surface area contributed by atoms with Crippen LogP contribution in [0.15, 0.2) is 59.2 Å². The second kappa shape index (κ2) is 3.86. The van der Waals surface area contributed by atoms with Crippen LogP contribution in [0.1, 0.15) is 4.88 Å². The van der Waals surface area contributed by atoms with Crippen molar-refractivity contribution in [2.24, 2.45) is 0 Å². The monoisotopic (exact) mass is 288 g/mol. The maximum absolute atomic E-state index is 5.67. The average molecular weight is 288 g/mol. The van der Waals surface area contributed by atoms with Gasteiger partial charge in [0.05, 0.1) is 6.26 Å². The molecule has 0 N–H and O–H groups in total. The molecule has 0 unspecified atom stereocenters. The number of furan rings is 1. The van der Waals surface area contributed by atoms with Crippen LogP contribution in [0.25, 0.3) is 42.6 Å². The Kier molecular flexibility index (Phi) is 2.09. The lowest BCUT2D eigenvalue weighted by atomic mass is 9.99. The third-order valence-electron chi connectivity index (χ3n) is 4.22. The molecule has 5 aromatic rings. The van der Waals surface area contributed by atoms with Crippen molar-refractivity contribution in [3.05, 3.63) is 59.7 Å². The molecule has 2 aromatic heterocycles. The third-order valence-corrected chi connectivity index (χ3v) is 5.31. The van der Waals surface area contributed by atoms with Crippen molar-refractivity contribution in [1.82, 2.24) is 0 Å². The van der Waals surface area contributed by atoms with Crippen molar-refractivity contribution in [2.45, 2.75) is 6.92 Å². The molecule has 5 rings (SSSR count). The smallest absolute Gasteiger partial charge is 0.141 e. The number of hydrogen-bond acceptors (Lipinski definition) is 2. The molecule has 3 aromatic carbocycles. The number of benzene rings is 3. The summed E-state index contributed by atoms with van der Waals surface area (Å²) in [6.07, 6.45) is 1.76. The largest absolute Gasteiger partial charge is 0.464 e. The van der Waals surface area contributed by atoms with Crippen molar-refractivity contribution in [3.63, 3.8) is 0 Å². The molecule has 0 bridgehead atoms. The van der Waals surface area contributed by atoms with Crippen LogP contribution in [0.5, 0.6) is 0 Å². The minimum absolute atomic E-state index is 0.983. The molecule has 0 saturated heterocycles. The summed E-state index contributed by atoms with van der Waals surface area (Å²) in [6.45, 7) is 2.17. The summed E-state index contributed by atoms with van der Waals surface area (Å²) in [5, 5.41) is 7.60. The van der Waals surface area contributed by atoms with E-state index >= 15 is 0 Å². The Balaban J connectivity index is 2.06. The maximum atomic E-state index is 5.67. The molecular weight excluding hydrogens is 276 g/mol. The molecule has 0 saturated carbocycles. The lowest BCUT2D eigenvalue weighted by Gasteiger charge is -2.05. The number of hydrogen-bond donors (Lipinski definition) is 0. The lowest BCUT2D eigenvalue weighted by Crippen LogP contribution is -1.78. The van der Waals surface area contributed by atoms with E-state index in [1.807, 2.05) is 17.4 Å². The summed E-state index contributed by atoms with van der Waals surface area (Å²) in [7, 11) is 0. The number of thiophene rings is 1. The summed E-state index contributed by atoms with van der Waals surface area (Å²) in [6, 6.07) is 17.5. The van der Waals surface area contributed by atoms with Gasteiger partial charge in [0, 0.05) is 25.7 Å². The highest BCUT2D eigenvalue weighted by atomic mass is 32.1. The van der Waals surface area contributed by atoms with Crippen LogP contribution in [0.3, 0.4) is 0 Å². The fraction of sp³-hybridized carbons (Fsp3) is 0.0526.